The minimum absolute atomic E-state index is 0.184. The minimum atomic E-state index is -1.57. The molecule has 1 aliphatic heterocycles. The highest BCUT2D eigenvalue weighted by Crippen LogP contribution is 2.23. The highest BCUT2D eigenvalue weighted by molar-refractivity contribution is 5.76. The molecule has 0 aromatic carbocycles. The quantitative estimate of drug-likeness (QED) is 0.0265. The first-order valence-corrected chi connectivity index (χ1v) is 24.1. The first-order valence-electron chi connectivity index (χ1n) is 24.1. The molecular formula is C48H91NO8. The van der Waals surface area contributed by atoms with Gasteiger partial charge < -0.3 is 40.3 Å². The van der Waals surface area contributed by atoms with Crippen molar-refractivity contribution < 1.29 is 39.8 Å². The number of rotatable bonds is 40. The smallest absolute Gasteiger partial charge is 0.220 e. The predicted octanol–water partition coefficient (Wildman–Crippen LogP) is 10.3. The molecular weight excluding hydrogens is 719 g/mol. The van der Waals surface area contributed by atoms with Crippen LogP contribution in [-0.4, -0.2) is 87.5 Å². The van der Waals surface area contributed by atoms with E-state index in [1.807, 2.05) is 6.08 Å². The Morgan fingerprint density at radius 3 is 1.47 bits per heavy atom. The number of aliphatic hydroxyl groups is 5. The molecule has 9 nitrogen and oxygen atoms in total. The number of carbonyl (C=O) groups is 1. The summed E-state index contributed by atoms with van der Waals surface area (Å²) < 4.78 is 11.2. The second-order valence-electron chi connectivity index (χ2n) is 16.9. The molecule has 0 aromatic heterocycles. The van der Waals surface area contributed by atoms with Crippen molar-refractivity contribution in [2.45, 2.75) is 262 Å². The fourth-order valence-electron chi connectivity index (χ4n) is 7.64. The molecule has 6 N–H and O–H groups in total. The van der Waals surface area contributed by atoms with E-state index in [9.17, 15) is 30.3 Å². The lowest BCUT2D eigenvalue weighted by atomic mass is 9.99. The fourth-order valence-corrected chi connectivity index (χ4v) is 7.64. The maximum absolute atomic E-state index is 13.0. The molecule has 0 radical (unpaired) electrons. The standard InChI is InChI=1S/C48H91NO8/c1-3-5-7-9-11-13-15-17-19-21-23-25-27-29-31-33-35-37-42(51)41(40-56-48-47(55)46(54)45(53)43(39-50)57-48)49-44(52)38-36-34-32-30-28-26-24-22-20-18-16-14-12-10-8-6-4-2/h27,29,35,37,41-43,45-48,50-51,53-55H,3-26,28,30-34,36,38-40H2,1-2H3,(H,49,52)/b29-27+,37-35+/t41-,42+,43-,45-,46?,47?,48-/m0/s1. The Morgan fingerprint density at radius 2 is 1.00 bits per heavy atom. The van der Waals surface area contributed by atoms with E-state index in [1.54, 1.807) is 6.08 Å². The monoisotopic (exact) mass is 810 g/mol. The Labute approximate surface area is 349 Å². The second-order valence-corrected chi connectivity index (χ2v) is 16.9. The van der Waals surface area contributed by atoms with E-state index >= 15 is 0 Å². The highest BCUT2D eigenvalue weighted by atomic mass is 16.7. The van der Waals surface area contributed by atoms with Crippen molar-refractivity contribution in [3.05, 3.63) is 24.3 Å². The van der Waals surface area contributed by atoms with E-state index in [2.05, 4.69) is 31.3 Å². The normalized spacial score (nSPS) is 21.1. The molecule has 0 spiro atoms. The van der Waals surface area contributed by atoms with Gasteiger partial charge in [-0.3, -0.25) is 4.79 Å². The highest BCUT2D eigenvalue weighted by Gasteiger charge is 2.44. The fraction of sp³-hybridized carbons (Fsp3) is 0.896. The summed E-state index contributed by atoms with van der Waals surface area (Å²) in [6.07, 6.45) is 39.3. The van der Waals surface area contributed by atoms with Crippen LogP contribution in [-0.2, 0) is 14.3 Å². The molecule has 0 aliphatic carbocycles. The lowest BCUT2D eigenvalue weighted by Crippen LogP contribution is -2.60. The van der Waals surface area contributed by atoms with Crippen molar-refractivity contribution in [1.29, 1.82) is 0 Å². The summed E-state index contributed by atoms with van der Waals surface area (Å²) in [6.45, 7) is 3.77. The van der Waals surface area contributed by atoms with Gasteiger partial charge in [-0.2, -0.15) is 0 Å². The zero-order chi connectivity index (χ0) is 41.6. The number of carbonyl (C=O) groups excluding carboxylic acids is 1. The Balaban J connectivity index is 2.35. The van der Waals surface area contributed by atoms with Crippen LogP contribution in [0.4, 0.5) is 0 Å². The van der Waals surface area contributed by atoms with Gasteiger partial charge in [-0.25, -0.2) is 0 Å². The lowest BCUT2D eigenvalue weighted by Gasteiger charge is -2.40. The third kappa shape index (κ3) is 29.5. The van der Waals surface area contributed by atoms with E-state index in [0.29, 0.717) is 6.42 Å². The summed E-state index contributed by atoms with van der Waals surface area (Å²) in [5.41, 5.74) is 0. The zero-order valence-corrected chi connectivity index (χ0v) is 36.9. The Bertz CT molecular complexity index is 945. The van der Waals surface area contributed by atoms with E-state index < -0.39 is 49.5 Å². The van der Waals surface area contributed by atoms with Crippen LogP contribution in [0.25, 0.3) is 0 Å². The maximum Gasteiger partial charge on any atom is 0.220 e. The molecule has 0 saturated carbocycles. The SMILES string of the molecule is CCCCCCCCCCCCC/C=C/CC/C=C/[C@@H](O)[C@H](CO[C@H]1O[C@@H](CO)[C@H](O)C(O)C1O)NC(=O)CCCCCCCCCCCCCCCCCCC. The first-order chi connectivity index (χ1) is 27.8. The van der Waals surface area contributed by atoms with Gasteiger partial charge in [0.15, 0.2) is 6.29 Å². The van der Waals surface area contributed by atoms with Crippen LogP contribution in [0, 0.1) is 0 Å². The molecule has 1 amide bonds. The third-order valence-electron chi connectivity index (χ3n) is 11.5. The number of nitrogens with one attached hydrogen (secondary N) is 1. The summed E-state index contributed by atoms with van der Waals surface area (Å²) >= 11 is 0. The summed E-state index contributed by atoms with van der Waals surface area (Å²) in [5.74, 6) is -0.184. The maximum atomic E-state index is 13.0. The predicted molar refractivity (Wildman–Crippen MR) is 235 cm³/mol. The Kier molecular flexibility index (Phi) is 36.6. The van der Waals surface area contributed by atoms with Crippen molar-refractivity contribution >= 4 is 5.91 Å². The second kappa shape index (κ2) is 38.8. The van der Waals surface area contributed by atoms with Crippen molar-refractivity contribution in [1.82, 2.24) is 5.32 Å². The van der Waals surface area contributed by atoms with Gasteiger partial charge in [-0.05, 0) is 32.1 Å². The number of allylic oxidation sites excluding steroid dienone is 3. The van der Waals surface area contributed by atoms with Crippen LogP contribution < -0.4 is 5.32 Å². The van der Waals surface area contributed by atoms with Crippen LogP contribution in [0.3, 0.4) is 0 Å². The average molecular weight is 810 g/mol. The van der Waals surface area contributed by atoms with Gasteiger partial charge >= 0.3 is 0 Å². The summed E-state index contributed by atoms with van der Waals surface area (Å²) in [7, 11) is 0. The molecule has 336 valence electrons. The van der Waals surface area contributed by atoms with E-state index in [1.165, 1.54) is 161 Å². The number of hydrogen-bond acceptors (Lipinski definition) is 8. The number of amides is 1. The zero-order valence-electron chi connectivity index (χ0n) is 36.9. The van der Waals surface area contributed by atoms with Crippen molar-refractivity contribution in [3.8, 4) is 0 Å². The van der Waals surface area contributed by atoms with Gasteiger partial charge in [0.1, 0.15) is 24.4 Å². The third-order valence-corrected chi connectivity index (χ3v) is 11.5. The molecule has 9 heteroatoms. The van der Waals surface area contributed by atoms with E-state index in [0.717, 1.165) is 38.5 Å². The van der Waals surface area contributed by atoms with Crippen LogP contribution >= 0.6 is 0 Å². The molecule has 57 heavy (non-hydrogen) atoms. The summed E-state index contributed by atoms with van der Waals surface area (Å²) in [6, 6.07) is -0.816. The van der Waals surface area contributed by atoms with Gasteiger partial charge in [-0.15, -0.1) is 0 Å². The molecule has 2 unspecified atom stereocenters. The number of aliphatic hydroxyl groups excluding tert-OH is 5. The lowest BCUT2D eigenvalue weighted by molar-refractivity contribution is -0.302. The molecule has 0 bridgehead atoms. The molecule has 0 aromatic rings. The largest absolute Gasteiger partial charge is 0.394 e. The van der Waals surface area contributed by atoms with Crippen molar-refractivity contribution in [2.75, 3.05) is 13.2 Å². The van der Waals surface area contributed by atoms with Gasteiger partial charge in [-0.1, -0.05) is 205 Å². The molecule has 1 fully saturated rings. The van der Waals surface area contributed by atoms with Gasteiger partial charge in [0.2, 0.25) is 5.91 Å². The van der Waals surface area contributed by atoms with Crippen LogP contribution in [0.15, 0.2) is 24.3 Å². The topological polar surface area (TPSA) is 149 Å². The van der Waals surface area contributed by atoms with Gasteiger partial charge in [0.05, 0.1) is 25.4 Å². The number of hydrogen-bond donors (Lipinski definition) is 6. The van der Waals surface area contributed by atoms with E-state index in [-0.39, 0.29) is 12.5 Å². The average Bonchev–Trinajstić information content (AvgIpc) is 3.21. The molecule has 7 atom stereocenters. The van der Waals surface area contributed by atoms with Crippen molar-refractivity contribution in [3.63, 3.8) is 0 Å². The summed E-state index contributed by atoms with van der Waals surface area (Å²) in [5, 5.41) is 54.2. The summed E-state index contributed by atoms with van der Waals surface area (Å²) in [4.78, 5) is 13.0. The van der Waals surface area contributed by atoms with Crippen LogP contribution in [0.2, 0.25) is 0 Å². The van der Waals surface area contributed by atoms with E-state index in [4.69, 9.17) is 9.47 Å². The van der Waals surface area contributed by atoms with Gasteiger partial charge in [0.25, 0.3) is 0 Å². The Hall–Kier alpha value is -1.33. The minimum Gasteiger partial charge on any atom is -0.394 e. The Morgan fingerprint density at radius 1 is 0.579 bits per heavy atom. The van der Waals surface area contributed by atoms with Crippen molar-refractivity contribution in [2.24, 2.45) is 0 Å². The number of unbranched alkanes of at least 4 members (excludes halogenated alkanes) is 28. The molecule has 1 saturated heterocycles. The first kappa shape index (κ1) is 53.7. The van der Waals surface area contributed by atoms with Crippen LogP contribution in [0.1, 0.15) is 219 Å². The number of ether oxygens (including phenoxy) is 2. The molecule has 1 rings (SSSR count). The van der Waals surface area contributed by atoms with Crippen LogP contribution in [0.5, 0.6) is 0 Å². The molecule has 1 aliphatic rings. The molecule has 1 heterocycles. The van der Waals surface area contributed by atoms with Gasteiger partial charge in [0, 0.05) is 6.42 Å².